The molecule has 0 saturated heterocycles. The summed E-state index contributed by atoms with van der Waals surface area (Å²) >= 11 is 5.07. The van der Waals surface area contributed by atoms with Crippen LogP contribution < -0.4 is 4.90 Å². The summed E-state index contributed by atoms with van der Waals surface area (Å²) in [4.78, 5) is 16.2. The maximum Gasteiger partial charge on any atom is 0.253 e. The number of rotatable bonds is 4. The normalized spacial score (nSPS) is 10.4. The van der Waals surface area contributed by atoms with Gasteiger partial charge in [0.2, 0.25) is 0 Å². The Morgan fingerprint density at radius 2 is 2.00 bits per heavy atom. The van der Waals surface area contributed by atoms with Crippen LogP contribution >= 0.6 is 27.3 Å². The molecule has 0 radical (unpaired) electrons. The van der Waals surface area contributed by atoms with Gasteiger partial charge in [-0.05, 0) is 51.1 Å². The van der Waals surface area contributed by atoms with Crippen molar-refractivity contribution in [1.82, 2.24) is 4.90 Å². The molecule has 0 saturated carbocycles. The molecular weight excluding hydrogens is 336 g/mol. The van der Waals surface area contributed by atoms with Crippen LogP contribution in [0.4, 0.5) is 5.69 Å². The molecule has 2 rings (SSSR count). The van der Waals surface area contributed by atoms with Gasteiger partial charge in [0.05, 0.1) is 3.79 Å². The lowest BCUT2D eigenvalue weighted by molar-refractivity contribution is 0.0785. The summed E-state index contributed by atoms with van der Waals surface area (Å²) in [7, 11) is 5.77. The molecule has 20 heavy (non-hydrogen) atoms. The van der Waals surface area contributed by atoms with E-state index >= 15 is 0 Å². The van der Waals surface area contributed by atoms with E-state index in [1.165, 1.54) is 0 Å². The SMILES string of the molecule is CN(Cc1csc(Br)c1)C(=O)c1cccc(N(C)C)c1. The van der Waals surface area contributed by atoms with E-state index < -0.39 is 0 Å². The second-order valence-electron chi connectivity index (χ2n) is 4.87. The molecular formula is C15H17BrN2OS. The number of benzene rings is 1. The minimum Gasteiger partial charge on any atom is -0.378 e. The Hall–Kier alpha value is -1.33. The fourth-order valence-corrected chi connectivity index (χ4v) is 3.11. The van der Waals surface area contributed by atoms with E-state index in [9.17, 15) is 4.79 Å². The summed E-state index contributed by atoms with van der Waals surface area (Å²) in [5, 5.41) is 2.06. The van der Waals surface area contributed by atoms with Crippen molar-refractivity contribution in [3.05, 3.63) is 50.6 Å². The van der Waals surface area contributed by atoms with Crippen molar-refractivity contribution in [1.29, 1.82) is 0 Å². The number of hydrogen-bond donors (Lipinski definition) is 0. The van der Waals surface area contributed by atoms with Gasteiger partial charge in [0, 0.05) is 38.9 Å². The van der Waals surface area contributed by atoms with Gasteiger partial charge in [0.1, 0.15) is 0 Å². The molecule has 0 N–H and O–H groups in total. The molecule has 2 aromatic rings. The van der Waals surface area contributed by atoms with Gasteiger partial charge in [-0.3, -0.25) is 4.79 Å². The molecule has 1 heterocycles. The topological polar surface area (TPSA) is 23.6 Å². The molecule has 1 amide bonds. The Balaban J connectivity index is 2.12. The molecule has 0 bridgehead atoms. The van der Waals surface area contributed by atoms with E-state index in [2.05, 4.69) is 21.3 Å². The highest BCUT2D eigenvalue weighted by molar-refractivity contribution is 9.11. The first-order valence-electron chi connectivity index (χ1n) is 6.23. The number of nitrogens with zero attached hydrogens (tertiary/aromatic N) is 2. The first kappa shape index (κ1) is 15.1. The number of carbonyl (C=O) groups excluding carboxylic acids is 1. The van der Waals surface area contributed by atoms with Crippen molar-refractivity contribution < 1.29 is 4.79 Å². The van der Waals surface area contributed by atoms with Gasteiger partial charge in [-0.25, -0.2) is 0 Å². The minimum absolute atomic E-state index is 0.0380. The quantitative estimate of drug-likeness (QED) is 0.834. The maximum atomic E-state index is 12.4. The van der Waals surface area contributed by atoms with Crippen LogP contribution in [0.2, 0.25) is 0 Å². The molecule has 106 valence electrons. The monoisotopic (exact) mass is 352 g/mol. The van der Waals surface area contributed by atoms with Gasteiger partial charge in [-0.1, -0.05) is 6.07 Å². The summed E-state index contributed by atoms with van der Waals surface area (Å²) in [5.41, 5.74) is 2.89. The summed E-state index contributed by atoms with van der Waals surface area (Å²) in [5.74, 6) is 0.0380. The highest BCUT2D eigenvalue weighted by atomic mass is 79.9. The van der Waals surface area contributed by atoms with Crippen LogP contribution in [0.25, 0.3) is 0 Å². The van der Waals surface area contributed by atoms with Gasteiger partial charge in [0.15, 0.2) is 0 Å². The molecule has 0 unspecified atom stereocenters. The highest BCUT2D eigenvalue weighted by Gasteiger charge is 2.13. The minimum atomic E-state index is 0.0380. The van der Waals surface area contributed by atoms with Crippen molar-refractivity contribution in [2.45, 2.75) is 6.54 Å². The van der Waals surface area contributed by atoms with E-state index in [1.807, 2.05) is 56.4 Å². The molecule has 0 fully saturated rings. The molecule has 5 heteroatoms. The zero-order chi connectivity index (χ0) is 14.7. The highest BCUT2D eigenvalue weighted by Crippen LogP contribution is 2.22. The van der Waals surface area contributed by atoms with Gasteiger partial charge < -0.3 is 9.80 Å². The van der Waals surface area contributed by atoms with Crippen LogP contribution in [-0.4, -0.2) is 32.0 Å². The van der Waals surface area contributed by atoms with Crippen LogP contribution in [0.1, 0.15) is 15.9 Å². The molecule has 0 aliphatic heterocycles. The first-order valence-corrected chi connectivity index (χ1v) is 7.90. The standard InChI is InChI=1S/C15H17BrN2OS/c1-17(2)13-6-4-5-12(8-13)15(19)18(3)9-11-7-14(16)20-10-11/h4-8,10H,9H2,1-3H3. The summed E-state index contributed by atoms with van der Waals surface area (Å²) in [6.07, 6.45) is 0. The van der Waals surface area contributed by atoms with Crippen LogP contribution in [-0.2, 0) is 6.54 Å². The van der Waals surface area contributed by atoms with E-state index in [0.29, 0.717) is 12.1 Å². The van der Waals surface area contributed by atoms with Gasteiger partial charge in [-0.15, -0.1) is 11.3 Å². The number of amides is 1. The predicted octanol–water partition coefficient (Wildman–Crippen LogP) is 3.85. The van der Waals surface area contributed by atoms with Gasteiger partial charge in [-0.2, -0.15) is 0 Å². The molecule has 1 aromatic heterocycles. The van der Waals surface area contributed by atoms with E-state index in [1.54, 1.807) is 16.2 Å². The average molecular weight is 353 g/mol. The molecule has 3 nitrogen and oxygen atoms in total. The number of carbonyl (C=O) groups is 1. The zero-order valence-corrected chi connectivity index (χ0v) is 14.2. The van der Waals surface area contributed by atoms with E-state index in [4.69, 9.17) is 0 Å². The Kier molecular flexibility index (Phi) is 4.83. The molecule has 0 aliphatic rings. The second-order valence-corrected chi connectivity index (χ2v) is 7.16. The van der Waals surface area contributed by atoms with Crippen molar-refractivity contribution in [2.24, 2.45) is 0 Å². The molecule has 0 spiro atoms. The van der Waals surface area contributed by atoms with Crippen molar-refractivity contribution in [3.8, 4) is 0 Å². The summed E-state index contributed by atoms with van der Waals surface area (Å²) in [6.45, 7) is 0.618. The third-order valence-corrected chi connectivity index (χ3v) is 4.55. The van der Waals surface area contributed by atoms with Crippen molar-refractivity contribution >= 4 is 38.9 Å². The van der Waals surface area contributed by atoms with Crippen LogP contribution in [0.15, 0.2) is 39.5 Å². The van der Waals surface area contributed by atoms with Crippen molar-refractivity contribution in [2.75, 3.05) is 26.0 Å². The maximum absolute atomic E-state index is 12.4. The first-order chi connectivity index (χ1) is 9.47. The lowest BCUT2D eigenvalue weighted by Crippen LogP contribution is -2.26. The zero-order valence-electron chi connectivity index (χ0n) is 11.8. The van der Waals surface area contributed by atoms with Gasteiger partial charge in [0.25, 0.3) is 5.91 Å². The summed E-state index contributed by atoms with van der Waals surface area (Å²) < 4.78 is 1.09. The Morgan fingerprint density at radius 1 is 1.25 bits per heavy atom. The fraction of sp³-hybridized carbons (Fsp3) is 0.267. The lowest BCUT2D eigenvalue weighted by atomic mass is 10.1. The third kappa shape index (κ3) is 3.61. The largest absolute Gasteiger partial charge is 0.378 e. The Morgan fingerprint density at radius 3 is 2.60 bits per heavy atom. The second kappa shape index (κ2) is 6.41. The molecule has 0 aliphatic carbocycles. The number of hydrogen-bond acceptors (Lipinski definition) is 3. The van der Waals surface area contributed by atoms with Crippen LogP contribution in [0, 0.1) is 0 Å². The van der Waals surface area contributed by atoms with Crippen LogP contribution in [0.5, 0.6) is 0 Å². The van der Waals surface area contributed by atoms with E-state index in [-0.39, 0.29) is 5.91 Å². The average Bonchev–Trinajstić information content (AvgIpc) is 2.83. The summed E-state index contributed by atoms with van der Waals surface area (Å²) in [6, 6.07) is 9.73. The van der Waals surface area contributed by atoms with Gasteiger partial charge >= 0.3 is 0 Å². The Labute approximate surface area is 132 Å². The molecule has 1 aromatic carbocycles. The fourth-order valence-electron chi connectivity index (χ4n) is 1.91. The third-order valence-electron chi connectivity index (χ3n) is 3.00. The smallest absolute Gasteiger partial charge is 0.253 e. The number of halogens is 1. The number of anilines is 1. The molecule has 0 atom stereocenters. The Bertz CT molecular complexity index is 609. The number of thiophene rings is 1. The van der Waals surface area contributed by atoms with E-state index in [0.717, 1.165) is 15.0 Å². The van der Waals surface area contributed by atoms with Crippen molar-refractivity contribution in [3.63, 3.8) is 0 Å². The predicted molar refractivity (Wildman–Crippen MR) is 88.6 cm³/mol. The lowest BCUT2D eigenvalue weighted by Gasteiger charge is -2.18. The van der Waals surface area contributed by atoms with Crippen LogP contribution in [0.3, 0.4) is 0 Å².